The molecule has 1 fully saturated rings. The molecule has 0 atom stereocenters. The fourth-order valence-electron chi connectivity index (χ4n) is 4.20. The van der Waals surface area contributed by atoms with Crippen molar-refractivity contribution in [2.75, 3.05) is 13.1 Å². The fourth-order valence-corrected chi connectivity index (χ4v) is 5.67. The lowest BCUT2D eigenvalue weighted by atomic mass is 10.00. The molecule has 1 saturated heterocycles. The minimum atomic E-state index is -0.458. The number of hydrogen-bond donors (Lipinski definition) is 0. The number of carbonyl (C=O) groups excluding carboxylic acids is 3. The molecule has 3 aromatic rings. The van der Waals surface area contributed by atoms with Crippen molar-refractivity contribution in [1.29, 1.82) is 0 Å². The van der Waals surface area contributed by atoms with Gasteiger partial charge in [-0.15, -0.1) is 0 Å². The fraction of sp³-hybridized carbons (Fsp3) is 0.179. The lowest BCUT2D eigenvalue weighted by molar-refractivity contribution is -0.136. The summed E-state index contributed by atoms with van der Waals surface area (Å²) in [4.78, 5) is 41.5. The number of fused-ring (bicyclic) bond motifs is 1. The van der Waals surface area contributed by atoms with Gasteiger partial charge in [-0.2, -0.15) is 0 Å². The molecule has 0 N–H and O–H groups in total. The molecular formula is C28H22BrClN2O4S. The van der Waals surface area contributed by atoms with E-state index in [1.807, 2.05) is 54.6 Å². The Morgan fingerprint density at radius 1 is 1.05 bits per heavy atom. The first-order valence-corrected chi connectivity index (χ1v) is 13.6. The van der Waals surface area contributed by atoms with Crippen LogP contribution in [0, 0.1) is 0 Å². The molecule has 0 saturated carbocycles. The number of benzene rings is 3. The van der Waals surface area contributed by atoms with E-state index in [2.05, 4.69) is 22.0 Å². The predicted molar refractivity (Wildman–Crippen MR) is 148 cm³/mol. The molecule has 0 unspecified atom stereocenters. The summed E-state index contributed by atoms with van der Waals surface area (Å²) in [6.45, 7) is 1.18. The molecule has 6 nitrogen and oxygen atoms in total. The topological polar surface area (TPSA) is 66.9 Å². The Kier molecular flexibility index (Phi) is 7.69. The molecule has 0 aromatic heterocycles. The molecular weight excluding hydrogens is 576 g/mol. The zero-order valence-corrected chi connectivity index (χ0v) is 22.8. The van der Waals surface area contributed by atoms with Gasteiger partial charge in [0.05, 0.1) is 9.38 Å². The number of hydrogen-bond acceptors (Lipinski definition) is 5. The van der Waals surface area contributed by atoms with Crippen molar-refractivity contribution in [3.8, 4) is 5.75 Å². The van der Waals surface area contributed by atoms with E-state index >= 15 is 0 Å². The molecule has 3 aromatic carbocycles. The number of ether oxygens (including phenoxy) is 1. The maximum atomic E-state index is 13.0. The third-order valence-electron chi connectivity index (χ3n) is 6.21. The van der Waals surface area contributed by atoms with Gasteiger partial charge in [0.2, 0.25) is 5.91 Å². The number of nitrogens with zero attached hydrogens (tertiary/aromatic N) is 2. The van der Waals surface area contributed by atoms with Gasteiger partial charge in [0, 0.05) is 18.1 Å². The quantitative estimate of drug-likeness (QED) is 0.312. The Hall–Kier alpha value is -3.07. The van der Waals surface area contributed by atoms with Crippen molar-refractivity contribution in [2.24, 2.45) is 0 Å². The highest BCUT2D eigenvalue weighted by molar-refractivity contribution is 9.10. The molecule has 0 aliphatic carbocycles. The third-order valence-corrected chi connectivity index (χ3v) is 7.99. The van der Waals surface area contributed by atoms with Crippen LogP contribution in [0.4, 0.5) is 4.79 Å². The molecule has 2 aliphatic rings. The summed E-state index contributed by atoms with van der Waals surface area (Å²) in [5.74, 6) is -0.0446. The number of imide groups is 1. The summed E-state index contributed by atoms with van der Waals surface area (Å²) >= 11 is 10.3. The van der Waals surface area contributed by atoms with Crippen molar-refractivity contribution in [3.05, 3.63) is 103 Å². The van der Waals surface area contributed by atoms with E-state index in [0.29, 0.717) is 30.5 Å². The maximum absolute atomic E-state index is 13.0. The average Bonchev–Trinajstić information content (AvgIpc) is 3.16. The van der Waals surface area contributed by atoms with Gasteiger partial charge in [-0.25, -0.2) is 0 Å². The first-order valence-electron chi connectivity index (χ1n) is 11.6. The standard InChI is InChI=1S/C28H22BrClN2O4S/c29-23-13-19(7-10-24(23)36-17-18-5-8-22(30)9-6-18)14-25-27(34)32(28(35)37-25)16-26(33)31-12-11-20-3-1-2-4-21(20)15-31/h1-10,13-14H,11-12,15-17H2/b25-14+. The molecule has 0 spiro atoms. The van der Waals surface area contributed by atoms with Crippen molar-refractivity contribution in [3.63, 3.8) is 0 Å². The van der Waals surface area contributed by atoms with E-state index in [0.717, 1.165) is 44.2 Å². The predicted octanol–water partition coefficient (Wildman–Crippen LogP) is 6.30. The Balaban J connectivity index is 1.22. The van der Waals surface area contributed by atoms with E-state index < -0.39 is 11.1 Å². The van der Waals surface area contributed by atoms with E-state index in [9.17, 15) is 14.4 Å². The van der Waals surface area contributed by atoms with Crippen LogP contribution in [-0.4, -0.2) is 39.9 Å². The second-order valence-electron chi connectivity index (χ2n) is 8.71. The summed E-state index contributed by atoms with van der Waals surface area (Å²) in [5.41, 5.74) is 4.04. The molecule has 0 bridgehead atoms. The molecule has 2 heterocycles. The van der Waals surface area contributed by atoms with Crippen LogP contribution >= 0.6 is 39.3 Å². The van der Waals surface area contributed by atoms with Gasteiger partial charge in [0.25, 0.3) is 11.1 Å². The summed E-state index contributed by atoms with van der Waals surface area (Å²) in [7, 11) is 0. The van der Waals surface area contributed by atoms with Crippen LogP contribution in [-0.2, 0) is 29.2 Å². The van der Waals surface area contributed by atoms with Gasteiger partial charge in [-0.3, -0.25) is 19.3 Å². The lowest BCUT2D eigenvalue weighted by Crippen LogP contribution is -2.44. The van der Waals surface area contributed by atoms with Crippen LogP contribution in [0.2, 0.25) is 5.02 Å². The summed E-state index contributed by atoms with van der Waals surface area (Å²) in [6, 6.07) is 20.9. The monoisotopic (exact) mass is 596 g/mol. The van der Waals surface area contributed by atoms with Crippen LogP contribution in [0.5, 0.6) is 5.75 Å². The van der Waals surface area contributed by atoms with Crippen molar-refractivity contribution < 1.29 is 19.1 Å². The van der Waals surface area contributed by atoms with Gasteiger partial charge >= 0.3 is 0 Å². The summed E-state index contributed by atoms with van der Waals surface area (Å²) in [5, 5.41) is 0.226. The van der Waals surface area contributed by atoms with Gasteiger partial charge in [0.1, 0.15) is 18.9 Å². The van der Waals surface area contributed by atoms with Crippen molar-refractivity contribution in [2.45, 2.75) is 19.6 Å². The van der Waals surface area contributed by atoms with E-state index in [4.69, 9.17) is 16.3 Å². The third kappa shape index (κ3) is 5.92. The molecule has 2 aliphatic heterocycles. The molecule has 37 heavy (non-hydrogen) atoms. The van der Waals surface area contributed by atoms with Crippen LogP contribution in [0.15, 0.2) is 76.1 Å². The van der Waals surface area contributed by atoms with Crippen molar-refractivity contribution in [1.82, 2.24) is 9.80 Å². The van der Waals surface area contributed by atoms with Crippen LogP contribution < -0.4 is 4.74 Å². The first kappa shape index (κ1) is 25.6. The number of thioether (sulfide) groups is 1. The smallest absolute Gasteiger partial charge is 0.294 e. The zero-order valence-electron chi connectivity index (χ0n) is 19.7. The number of halogens is 2. The Morgan fingerprint density at radius 2 is 1.81 bits per heavy atom. The number of rotatable bonds is 6. The van der Waals surface area contributed by atoms with Crippen LogP contribution in [0.3, 0.4) is 0 Å². The van der Waals surface area contributed by atoms with Gasteiger partial charge < -0.3 is 9.64 Å². The van der Waals surface area contributed by atoms with Crippen molar-refractivity contribution >= 4 is 62.4 Å². The molecule has 5 rings (SSSR count). The second kappa shape index (κ2) is 11.1. The zero-order chi connectivity index (χ0) is 25.9. The molecule has 0 radical (unpaired) electrons. The van der Waals surface area contributed by atoms with E-state index in [1.54, 1.807) is 17.0 Å². The molecule has 9 heteroatoms. The second-order valence-corrected chi connectivity index (χ2v) is 11.0. The lowest BCUT2D eigenvalue weighted by Gasteiger charge is -2.29. The Morgan fingerprint density at radius 3 is 2.57 bits per heavy atom. The number of carbonyl (C=O) groups is 3. The van der Waals surface area contributed by atoms with Gasteiger partial charge in [-0.1, -0.05) is 54.1 Å². The Labute approximate surface area is 232 Å². The highest BCUT2D eigenvalue weighted by atomic mass is 79.9. The van der Waals surface area contributed by atoms with Gasteiger partial charge in [0.15, 0.2) is 0 Å². The maximum Gasteiger partial charge on any atom is 0.294 e. The number of amides is 3. The van der Waals surface area contributed by atoms with E-state index in [1.165, 1.54) is 5.56 Å². The normalized spacial score (nSPS) is 16.3. The summed E-state index contributed by atoms with van der Waals surface area (Å²) < 4.78 is 6.60. The molecule has 188 valence electrons. The Bertz CT molecular complexity index is 1410. The van der Waals surface area contributed by atoms with Crippen LogP contribution in [0.1, 0.15) is 22.3 Å². The highest BCUT2D eigenvalue weighted by Crippen LogP contribution is 2.34. The van der Waals surface area contributed by atoms with Gasteiger partial charge in [-0.05, 0) is 86.7 Å². The van der Waals surface area contributed by atoms with Crippen LogP contribution in [0.25, 0.3) is 6.08 Å². The van der Waals surface area contributed by atoms with E-state index in [-0.39, 0.29) is 17.4 Å². The minimum absolute atomic E-state index is 0.233. The minimum Gasteiger partial charge on any atom is -0.488 e. The highest BCUT2D eigenvalue weighted by Gasteiger charge is 2.37. The SMILES string of the molecule is O=C(CN1C(=O)S/C(=C/c2ccc(OCc3ccc(Cl)cc3)c(Br)c2)C1=O)N1CCc2ccccc2C1. The molecule has 3 amide bonds. The summed E-state index contributed by atoms with van der Waals surface area (Å²) in [6.07, 6.45) is 2.41. The largest absolute Gasteiger partial charge is 0.488 e. The average molecular weight is 598 g/mol. The first-order chi connectivity index (χ1) is 17.9.